The van der Waals surface area contributed by atoms with E-state index in [1.807, 2.05) is 0 Å². The second kappa shape index (κ2) is 4.39. The van der Waals surface area contributed by atoms with Gasteiger partial charge in [-0.3, -0.25) is 0 Å². The minimum Gasteiger partial charge on any atom is -0.550 e. The van der Waals surface area contributed by atoms with Crippen LogP contribution >= 0.6 is 15.9 Å². The van der Waals surface area contributed by atoms with Gasteiger partial charge in [-0.15, -0.1) is 0 Å². The quantitative estimate of drug-likeness (QED) is 0.847. The predicted molar refractivity (Wildman–Crippen MR) is 48.7 cm³/mol. The molecule has 3 nitrogen and oxygen atoms in total. The lowest BCUT2D eigenvalue weighted by atomic mass is 10.1. The SMILES string of the molecule is O=C([O-])CC(O)c1ccc(Br)cc1. The van der Waals surface area contributed by atoms with E-state index in [9.17, 15) is 15.0 Å². The number of carbonyl (C=O) groups is 1. The van der Waals surface area contributed by atoms with E-state index in [2.05, 4.69) is 15.9 Å². The molecule has 0 radical (unpaired) electrons. The molecule has 0 spiro atoms. The Morgan fingerprint density at radius 1 is 1.46 bits per heavy atom. The number of carboxylic acids is 1. The van der Waals surface area contributed by atoms with Crippen LogP contribution in [0.15, 0.2) is 28.7 Å². The van der Waals surface area contributed by atoms with Crippen molar-refractivity contribution in [3.8, 4) is 0 Å². The number of carboxylic acid groups (broad SMARTS) is 1. The Bertz CT molecular complexity index is 294. The lowest BCUT2D eigenvalue weighted by Gasteiger charge is -2.11. The number of benzene rings is 1. The highest BCUT2D eigenvalue weighted by Gasteiger charge is 2.06. The largest absolute Gasteiger partial charge is 0.550 e. The van der Waals surface area contributed by atoms with Gasteiger partial charge in [-0.05, 0) is 17.7 Å². The molecule has 13 heavy (non-hydrogen) atoms. The first-order valence-corrected chi connectivity index (χ1v) is 4.52. The normalized spacial score (nSPS) is 12.5. The molecular formula is C9H8BrO3-. The van der Waals surface area contributed by atoms with Gasteiger partial charge in [0.25, 0.3) is 0 Å². The van der Waals surface area contributed by atoms with Crippen LogP contribution < -0.4 is 5.11 Å². The molecule has 0 aliphatic carbocycles. The van der Waals surface area contributed by atoms with Crippen LogP contribution in [-0.4, -0.2) is 11.1 Å². The maximum atomic E-state index is 10.2. The number of hydrogen-bond acceptors (Lipinski definition) is 3. The fourth-order valence-corrected chi connectivity index (χ4v) is 1.22. The molecular weight excluding hydrogens is 236 g/mol. The number of carbonyl (C=O) groups excluding carboxylic acids is 1. The summed E-state index contributed by atoms with van der Waals surface area (Å²) in [7, 11) is 0. The van der Waals surface area contributed by atoms with E-state index in [1.54, 1.807) is 24.3 Å². The average molecular weight is 244 g/mol. The Balaban J connectivity index is 2.71. The van der Waals surface area contributed by atoms with Crippen molar-refractivity contribution in [1.82, 2.24) is 0 Å². The fourth-order valence-electron chi connectivity index (χ4n) is 0.961. The third-order valence-corrected chi connectivity index (χ3v) is 2.14. The van der Waals surface area contributed by atoms with Gasteiger partial charge in [0, 0.05) is 16.9 Å². The van der Waals surface area contributed by atoms with Gasteiger partial charge in [0.1, 0.15) is 0 Å². The molecule has 0 aliphatic heterocycles. The maximum absolute atomic E-state index is 10.2. The zero-order valence-electron chi connectivity index (χ0n) is 6.74. The average Bonchev–Trinajstić information content (AvgIpc) is 2.04. The molecule has 1 unspecified atom stereocenters. The molecule has 1 N–H and O–H groups in total. The predicted octanol–water partition coefficient (Wildman–Crippen LogP) is 0.622. The van der Waals surface area contributed by atoms with Crippen molar-refractivity contribution < 1.29 is 15.0 Å². The van der Waals surface area contributed by atoms with E-state index in [0.29, 0.717) is 5.56 Å². The molecule has 1 atom stereocenters. The van der Waals surface area contributed by atoms with E-state index in [0.717, 1.165) is 4.47 Å². The van der Waals surface area contributed by atoms with Crippen LogP contribution in [0.4, 0.5) is 0 Å². The van der Waals surface area contributed by atoms with Gasteiger partial charge >= 0.3 is 0 Å². The highest BCUT2D eigenvalue weighted by Crippen LogP contribution is 2.18. The van der Waals surface area contributed by atoms with Crippen LogP contribution in [0.1, 0.15) is 18.1 Å². The summed E-state index contributed by atoms with van der Waals surface area (Å²) in [5, 5.41) is 19.5. The van der Waals surface area contributed by atoms with Crippen molar-refractivity contribution in [3.63, 3.8) is 0 Å². The Morgan fingerprint density at radius 3 is 2.46 bits per heavy atom. The molecule has 0 heterocycles. The molecule has 0 aliphatic rings. The van der Waals surface area contributed by atoms with Gasteiger partial charge in [0.15, 0.2) is 0 Å². The highest BCUT2D eigenvalue weighted by atomic mass is 79.9. The van der Waals surface area contributed by atoms with Crippen molar-refractivity contribution >= 4 is 21.9 Å². The van der Waals surface area contributed by atoms with Crippen LogP contribution in [-0.2, 0) is 4.79 Å². The Hall–Kier alpha value is -0.870. The molecule has 70 valence electrons. The Labute approximate surface area is 84.1 Å². The molecule has 0 saturated carbocycles. The molecule has 4 heteroatoms. The van der Waals surface area contributed by atoms with Crippen molar-refractivity contribution in [1.29, 1.82) is 0 Å². The van der Waals surface area contributed by atoms with E-state index in [1.165, 1.54) is 0 Å². The monoisotopic (exact) mass is 243 g/mol. The lowest BCUT2D eigenvalue weighted by Crippen LogP contribution is -2.24. The number of hydrogen-bond donors (Lipinski definition) is 1. The summed E-state index contributed by atoms with van der Waals surface area (Å²) in [6.45, 7) is 0. The summed E-state index contributed by atoms with van der Waals surface area (Å²) in [5.41, 5.74) is 0.576. The third kappa shape index (κ3) is 3.16. The highest BCUT2D eigenvalue weighted by molar-refractivity contribution is 9.10. The van der Waals surface area contributed by atoms with Gasteiger partial charge in [0.2, 0.25) is 0 Å². The molecule has 0 bridgehead atoms. The molecule has 0 fully saturated rings. The minimum atomic E-state index is -1.25. The van der Waals surface area contributed by atoms with Gasteiger partial charge in [-0.2, -0.15) is 0 Å². The number of aliphatic carboxylic acids is 1. The first kappa shape index (κ1) is 10.2. The molecule has 0 aromatic heterocycles. The summed E-state index contributed by atoms with van der Waals surface area (Å²) in [5.74, 6) is -1.25. The standard InChI is InChI=1S/C9H9BrO3/c10-7-3-1-6(2-4-7)8(11)5-9(12)13/h1-4,8,11H,5H2,(H,12,13)/p-1. The van der Waals surface area contributed by atoms with Crippen molar-refractivity contribution in [3.05, 3.63) is 34.3 Å². The molecule has 1 aromatic rings. The van der Waals surface area contributed by atoms with Crippen LogP contribution in [0.2, 0.25) is 0 Å². The van der Waals surface area contributed by atoms with E-state index < -0.39 is 12.1 Å². The summed E-state index contributed by atoms with van der Waals surface area (Å²) >= 11 is 3.24. The topological polar surface area (TPSA) is 60.4 Å². The maximum Gasteiger partial charge on any atom is 0.0842 e. The summed E-state index contributed by atoms with van der Waals surface area (Å²) in [6.07, 6.45) is -1.36. The summed E-state index contributed by atoms with van der Waals surface area (Å²) in [6, 6.07) is 6.82. The van der Waals surface area contributed by atoms with E-state index in [-0.39, 0.29) is 6.42 Å². The number of halogens is 1. The molecule has 0 saturated heterocycles. The minimum absolute atomic E-state index is 0.373. The van der Waals surface area contributed by atoms with Crippen molar-refractivity contribution in [2.75, 3.05) is 0 Å². The first-order valence-electron chi connectivity index (χ1n) is 3.73. The number of rotatable bonds is 3. The Morgan fingerprint density at radius 2 is 2.00 bits per heavy atom. The van der Waals surface area contributed by atoms with Crippen LogP contribution in [0.5, 0.6) is 0 Å². The smallest absolute Gasteiger partial charge is 0.0842 e. The van der Waals surface area contributed by atoms with Crippen LogP contribution in [0.25, 0.3) is 0 Å². The van der Waals surface area contributed by atoms with Crippen molar-refractivity contribution in [2.45, 2.75) is 12.5 Å². The second-order valence-corrected chi connectivity index (χ2v) is 3.56. The second-order valence-electron chi connectivity index (χ2n) is 2.64. The van der Waals surface area contributed by atoms with E-state index in [4.69, 9.17) is 0 Å². The van der Waals surface area contributed by atoms with Gasteiger partial charge < -0.3 is 15.0 Å². The molecule has 1 aromatic carbocycles. The van der Waals surface area contributed by atoms with Gasteiger partial charge in [-0.1, -0.05) is 28.1 Å². The van der Waals surface area contributed by atoms with Crippen molar-refractivity contribution in [2.24, 2.45) is 0 Å². The third-order valence-electron chi connectivity index (χ3n) is 1.61. The van der Waals surface area contributed by atoms with Crippen LogP contribution in [0.3, 0.4) is 0 Å². The first-order chi connectivity index (χ1) is 6.09. The van der Waals surface area contributed by atoms with Gasteiger partial charge in [0.05, 0.1) is 6.10 Å². The Kier molecular flexibility index (Phi) is 3.45. The van der Waals surface area contributed by atoms with Crippen LogP contribution in [0, 0.1) is 0 Å². The number of aliphatic hydroxyl groups is 1. The fraction of sp³-hybridized carbons (Fsp3) is 0.222. The molecule has 0 amide bonds. The summed E-state index contributed by atoms with van der Waals surface area (Å²) in [4.78, 5) is 10.2. The molecule has 1 rings (SSSR count). The van der Waals surface area contributed by atoms with Gasteiger partial charge in [-0.25, -0.2) is 0 Å². The zero-order chi connectivity index (χ0) is 9.84. The number of aliphatic hydroxyl groups excluding tert-OH is 1. The zero-order valence-corrected chi connectivity index (χ0v) is 8.32. The summed E-state index contributed by atoms with van der Waals surface area (Å²) < 4.78 is 0.886. The van der Waals surface area contributed by atoms with E-state index >= 15 is 0 Å². The lowest BCUT2D eigenvalue weighted by molar-refractivity contribution is -0.307.